The molecule has 84 valence electrons. The molecule has 3 aromatic rings. The van der Waals surface area contributed by atoms with Crippen LogP contribution in [0.2, 0.25) is 5.02 Å². The molecule has 3 rings (SSSR count). The molecule has 0 fully saturated rings. The van der Waals surface area contributed by atoms with Crippen LogP contribution in [0.3, 0.4) is 0 Å². The van der Waals surface area contributed by atoms with Crippen molar-refractivity contribution >= 4 is 33.2 Å². The van der Waals surface area contributed by atoms with Crippen LogP contribution in [0.15, 0.2) is 47.3 Å². The van der Waals surface area contributed by atoms with Crippen LogP contribution in [0.5, 0.6) is 0 Å². The summed E-state index contributed by atoms with van der Waals surface area (Å²) in [5.41, 5.74) is 1.92. The number of hydrogen-bond acceptors (Lipinski definition) is 2. The molecule has 0 aliphatic heterocycles. The quantitative estimate of drug-likeness (QED) is 0.708. The minimum Gasteiger partial charge on any atom is -0.277 e. The van der Waals surface area contributed by atoms with Crippen molar-refractivity contribution < 1.29 is 0 Å². The lowest BCUT2D eigenvalue weighted by molar-refractivity contribution is 1.46. The summed E-state index contributed by atoms with van der Waals surface area (Å²) in [7, 11) is 0. The van der Waals surface area contributed by atoms with Gasteiger partial charge < -0.3 is 0 Å². The molecule has 1 heterocycles. The number of hydrogen-bond donors (Lipinski definition) is 1. The average Bonchev–Trinajstić information content (AvgIpc) is 2.73. The minimum absolute atomic E-state index is 0.0319. The fourth-order valence-corrected chi connectivity index (χ4v) is 2.75. The van der Waals surface area contributed by atoms with E-state index in [9.17, 15) is 4.79 Å². The van der Waals surface area contributed by atoms with Crippen LogP contribution in [-0.4, -0.2) is 4.37 Å². The third kappa shape index (κ3) is 1.77. The second-order valence-electron chi connectivity index (χ2n) is 3.72. The van der Waals surface area contributed by atoms with Crippen molar-refractivity contribution in [3.63, 3.8) is 0 Å². The van der Waals surface area contributed by atoms with E-state index >= 15 is 0 Å². The third-order valence-corrected chi connectivity index (χ3v) is 3.76. The molecule has 17 heavy (non-hydrogen) atoms. The molecule has 1 N–H and O–H groups in total. The first-order valence-corrected chi connectivity index (χ1v) is 6.31. The van der Waals surface area contributed by atoms with Crippen molar-refractivity contribution in [2.75, 3.05) is 0 Å². The van der Waals surface area contributed by atoms with Crippen LogP contribution in [-0.2, 0) is 0 Å². The molecule has 0 saturated heterocycles. The Labute approximate surface area is 107 Å². The van der Waals surface area contributed by atoms with Crippen LogP contribution < -0.4 is 5.56 Å². The standard InChI is InChI=1S/C13H8ClNOS/c14-9-6-4-8(5-7-9)10-2-1-3-11-12(10)13(16)15-17-11/h1-7H,(H,15,16). The Balaban J connectivity index is 2.33. The zero-order valence-corrected chi connectivity index (χ0v) is 10.3. The zero-order valence-electron chi connectivity index (χ0n) is 8.74. The van der Waals surface area contributed by atoms with Gasteiger partial charge in [-0.3, -0.25) is 9.17 Å². The Hall–Kier alpha value is -1.58. The average molecular weight is 262 g/mol. The van der Waals surface area contributed by atoms with Crippen molar-refractivity contribution in [1.82, 2.24) is 4.37 Å². The Morgan fingerprint density at radius 2 is 1.82 bits per heavy atom. The second-order valence-corrected chi connectivity index (χ2v) is 5.00. The van der Waals surface area contributed by atoms with Crippen molar-refractivity contribution in [2.24, 2.45) is 0 Å². The number of H-pyrrole nitrogens is 1. The highest BCUT2D eigenvalue weighted by atomic mass is 35.5. The second kappa shape index (κ2) is 4.02. The Kier molecular flexibility index (Phi) is 2.50. The van der Waals surface area contributed by atoms with Crippen LogP contribution >= 0.6 is 23.1 Å². The first-order valence-electron chi connectivity index (χ1n) is 5.12. The van der Waals surface area contributed by atoms with E-state index in [2.05, 4.69) is 4.37 Å². The summed E-state index contributed by atoms with van der Waals surface area (Å²) in [4.78, 5) is 11.8. The normalized spacial score (nSPS) is 10.9. The molecule has 0 spiro atoms. The van der Waals surface area contributed by atoms with Gasteiger partial charge in [-0.2, -0.15) is 0 Å². The number of fused-ring (bicyclic) bond motifs is 1. The maximum Gasteiger partial charge on any atom is 0.266 e. The largest absolute Gasteiger partial charge is 0.277 e. The summed E-state index contributed by atoms with van der Waals surface area (Å²) in [6.07, 6.45) is 0. The summed E-state index contributed by atoms with van der Waals surface area (Å²) in [6.45, 7) is 0. The smallest absolute Gasteiger partial charge is 0.266 e. The van der Waals surface area contributed by atoms with E-state index in [4.69, 9.17) is 11.6 Å². The Bertz CT molecular complexity index is 727. The number of benzene rings is 2. The van der Waals surface area contributed by atoms with Crippen LogP contribution in [0, 0.1) is 0 Å². The molecule has 0 atom stereocenters. The molecule has 0 aliphatic carbocycles. The molecule has 2 aromatic carbocycles. The molecule has 0 unspecified atom stereocenters. The molecule has 1 aromatic heterocycles. The summed E-state index contributed by atoms with van der Waals surface area (Å²) in [6, 6.07) is 13.4. The summed E-state index contributed by atoms with van der Waals surface area (Å²) < 4.78 is 3.73. The van der Waals surface area contributed by atoms with Gasteiger partial charge in [0.05, 0.1) is 10.1 Å². The van der Waals surface area contributed by atoms with Gasteiger partial charge in [0.25, 0.3) is 5.56 Å². The lowest BCUT2D eigenvalue weighted by Gasteiger charge is -2.02. The summed E-state index contributed by atoms with van der Waals surface area (Å²) in [5, 5.41) is 1.44. The maximum atomic E-state index is 11.8. The number of aromatic amines is 1. The molecular weight excluding hydrogens is 254 g/mol. The van der Waals surface area contributed by atoms with Gasteiger partial charge in [0.2, 0.25) is 0 Å². The molecular formula is C13H8ClNOS. The van der Waals surface area contributed by atoms with E-state index in [1.165, 1.54) is 11.5 Å². The molecule has 0 amide bonds. The molecule has 0 aliphatic rings. The SMILES string of the molecule is O=c1[nH]sc2cccc(-c3ccc(Cl)cc3)c12. The molecule has 2 nitrogen and oxygen atoms in total. The van der Waals surface area contributed by atoms with Crippen molar-refractivity contribution in [1.29, 1.82) is 0 Å². The van der Waals surface area contributed by atoms with Crippen molar-refractivity contribution in [3.05, 3.63) is 57.8 Å². The van der Waals surface area contributed by atoms with E-state index < -0.39 is 0 Å². The van der Waals surface area contributed by atoms with E-state index in [0.717, 1.165) is 21.2 Å². The van der Waals surface area contributed by atoms with Crippen molar-refractivity contribution in [2.45, 2.75) is 0 Å². The van der Waals surface area contributed by atoms with E-state index in [1.807, 2.05) is 42.5 Å². The highest BCUT2D eigenvalue weighted by Crippen LogP contribution is 2.28. The minimum atomic E-state index is -0.0319. The highest BCUT2D eigenvalue weighted by molar-refractivity contribution is 7.13. The van der Waals surface area contributed by atoms with Gasteiger partial charge >= 0.3 is 0 Å². The Morgan fingerprint density at radius 3 is 2.59 bits per heavy atom. The van der Waals surface area contributed by atoms with Gasteiger partial charge in [-0.1, -0.05) is 47.4 Å². The van der Waals surface area contributed by atoms with Crippen LogP contribution in [0.1, 0.15) is 0 Å². The topological polar surface area (TPSA) is 32.9 Å². The number of aromatic nitrogens is 1. The molecule has 0 radical (unpaired) electrons. The number of nitrogens with one attached hydrogen (secondary N) is 1. The molecule has 0 saturated carbocycles. The third-order valence-electron chi connectivity index (χ3n) is 2.66. The highest BCUT2D eigenvalue weighted by Gasteiger charge is 2.08. The summed E-state index contributed by atoms with van der Waals surface area (Å²) in [5.74, 6) is 0. The van der Waals surface area contributed by atoms with Gasteiger partial charge in [0.15, 0.2) is 0 Å². The predicted molar refractivity (Wildman–Crippen MR) is 72.9 cm³/mol. The number of halogens is 1. The van der Waals surface area contributed by atoms with E-state index in [1.54, 1.807) is 0 Å². The number of rotatable bonds is 1. The van der Waals surface area contributed by atoms with Gasteiger partial charge in [-0.15, -0.1) is 0 Å². The Morgan fingerprint density at radius 1 is 1.06 bits per heavy atom. The maximum absolute atomic E-state index is 11.8. The lowest BCUT2D eigenvalue weighted by atomic mass is 10.0. The first-order chi connectivity index (χ1) is 8.25. The van der Waals surface area contributed by atoms with Gasteiger partial charge in [-0.05, 0) is 29.3 Å². The molecule has 4 heteroatoms. The van der Waals surface area contributed by atoms with Crippen molar-refractivity contribution in [3.8, 4) is 11.1 Å². The predicted octanol–water partition coefficient (Wildman–Crippen LogP) is 3.91. The summed E-state index contributed by atoms with van der Waals surface area (Å²) >= 11 is 7.22. The lowest BCUT2D eigenvalue weighted by Crippen LogP contribution is -1.98. The van der Waals surface area contributed by atoms with Crippen LogP contribution in [0.4, 0.5) is 0 Å². The van der Waals surface area contributed by atoms with E-state index in [-0.39, 0.29) is 5.56 Å². The van der Waals surface area contributed by atoms with E-state index in [0.29, 0.717) is 5.02 Å². The van der Waals surface area contributed by atoms with Gasteiger partial charge in [0.1, 0.15) is 0 Å². The fraction of sp³-hybridized carbons (Fsp3) is 0. The zero-order chi connectivity index (χ0) is 11.8. The fourth-order valence-electron chi connectivity index (χ4n) is 1.87. The van der Waals surface area contributed by atoms with Gasteiger partial charge in [0, 0.05) is 5.02 Å². The monoisotopic (exact) mass is 261 g/mol. The van der Waals surface area contributed by atoms with Gasteiger partial charge in [-0.25, -0.2) is 0 Å². The van der Waals surface area contributed by atoms with Crippen LogP contribution in [0.25, 0.3) is 21.2 Å². The first kappa shape index (κ1) is 10.6. The molecule has 0 bridgehead atoms.